The fraction of sp³-hybridized carbons (Fsp3) is 0.250. The van der Waals surface area contributed by atoms with E-state index in [-0.39, 0.29) is 11.8 Å². The first-order valence-electron chi connectivity index (χ1n) is 5.19. The number of benzene rings is 1. The standard InChI is InChI=1S/C12H12N2O3/c1-8(9-6-4-3-5-7-9)10-13-14-11(17-10)12(15)16-2/h3-8H,1-2H3. The molecule has 1 aromatic heterocycles. The van der Waals surface area contributed by atoms with Gasteiger partial charge in [-0.25, -0.2) is 4.79 Å². The Morgan fingerprint density at radius 1 is 1.29 bits per heavy atom. The molecule has 0 aliphatic rings. The second-order valence-electron chi connectivity index (χ2n) is 3.57. The van der Waals surface area contributed by atoms with Gasteiger partial charge in [-0.15, -0.1) is 10.2 Å². The first kappa shape index (κ1) is 11.3. The molecule has 0 bridgehead atoms. The minimum atomic E-state index is -0.621. The number of hydrogen-bond acceptors (Lipinski definition) is 5. The van der Waals surface area contributed by atoms with Gasteiger partial charge in [-0.2, -0.15) is 0 Å². The number of nitrogens with zero attached hydrogens (tertiary/aromatic N) is 2. The van der Waals surface area contributed by atoms with E-state index in [1.165, 1.54) is 7.11 Å². The van der Waals surface area contributed by atoms with E-state index in [4.69, 9.17) is 4.42 Å². The molecule has 0 amide bonds. The second-order valence-corrected chi connectivity index (χ2v) is 3.57. The molecule has 2 aromatic rings. The molecule has 0 spiro atoms. The van der Waals surface area contributed by atoms with Crippen LogP contribution in [0.2, 0.25) is 0 Å². The first-order chi connectivity index (χ1) is 8.22. The number of rotatable bonds is 3. The van der Waals surface area contributed by atoms with Crippen molar-refractivity contribution in [3.05, 3.63) is 47.7 Å². The zero-order chi connectivity index (χ0) is 12.3. The maximum atomic E-state index is 11.2. The molecule has 1 heterocycles. The predicted molar refractivity (Wildman–Crippen MR) is 59.6 cm³/mol. The maximum absolute atomic E-state index is 11.2. The predicted octanol–water partition coefficient (Wildman–Crippen LogP) is 2.01. The highest BCUT2D eigenvalue weighted by atomic mass is 16.5. The van der Waals surface area contributed by atoms with Crippen LogP contribution < -0.4 is 0 Å². The van der Waals surface area contributed by atoms with Gasteiger partial charge in [0.25, 0.3) is 0 Å². The van der Waals surface area contributed by atoms with Crippen LogP contribution in [-0.2, 0) is 4.74 Å². The number of methoxy groups -OCH3 is 1. The third-order valence-electron chi connectivity index (χ3n) is 2.47. The zero-order valence-electron chi connectivity index (χ0n) is 9.58. The lowest BCUT2D eigenvalue weighted by molar-refractivity contribution is 0.0553. The van der Waals surface area contributed by atoms with Gasteiger partial charge in [-0.3, -0.25) is 0 Å². The van der Waals surface area contributed by atoms with Gasteiger partial charge >= 0.3 is 11.9 Å². The van der Waals surface area contributed by atoms with E-state index in [1.807, 2.05) is 37.3 Å². The summed E-state index contributed by atoms with van der Waals surface area (Å²) >= 11 is 0. The van der Waals surface area contributed by atoms with Crippen molar-refractivity contribution in [2.45, 2.75) is 12.8 Å². The quantitative estimate of drug-likeness (QED) is 0.757. The van der Waals surface area contributed by atoms with Crippen molar-refractivity contribution in [2.24, 2.45) is 0 Å². The van der Waals surface area contributed by atoms with Crippen molar-refractivity contribution in [1.29, 1.82) is 0 Å². The fourth-order valence-electron chi connectivity index (χ4n) is 1.46. The van der Waals surface area contributed by atoms with Crippen LogP contribution in [0.1, 0.15) is 35.0 Å². The Morgan fingerprint density at radius 3 is 2.65 bits per heavy atom. The molecule has 0 N–H and O–H groups in total. The van der Waals surface area contributed by atoms with Gasteiger partial charge in [0.05, 0.1) is 13.0 Å². The van der Waals surface area contributed by atoms with Gasteiger partial charge in [0.1, 0.15) is 0 Å². The van der Waals surface area contributed by atoms with Crippen LogP contribution in [-0.4, -0.2) is 23.3 Å². The molecule has 5 heteroatoms. The van der Waals surface area contributed by atoms with Gasteiger partial charge < -0.3 is 9.15 Å². The Labute approximate surface area is 98.4 Å². The molecule has 0 aliphatic heterocycles. The molecular weight excluding hydrogens is 220 g/mol. The molecule has 1 aromatic carbocycles. The molecule has 0 aliphatic carbocycles. The van der Waals surface area contributed by atoms with Crippen molar-refractivity contribution in [3.63, 3.8) is 0 Å². The van der Waals surface area contributed by atoms with Gasteiger partial charge in [0.2, 0.25) is 5.89 Å². The maximum Gasteiger partial charge on any atom is 0.396 e. The summed E-state index contributed by atoms with van der Waals surface area (Å²) in [6.07, 6.45) is 0. The van der Waals surface area contributed by atoms with Crippen LogP contribution >= 0.6 is 0 Å². The summed E-state index contributed by atoms with van der Waals surface area (Å²) in [5.41, 5.74) is 1.05. The molecule has 0 saturated carbocycles. The first-order valence-corrected chi connectivity index (χ1v) is 5.19. The highest BCUT2D eigenvalue weighted by Crippen LogP contribution is 2.22. The summed E-state index contributed by atoms with van der Waals surface area (Å²) in [6.45, 7) is 1.93. The minimum Gasteiger partial charge on any atom is -0.462 e. The lowest BCUT2D eigenvalue weighted by Gasteiger charge is -2.05. The van der Waals surface area contributed by atoms with E-state index in [2.05, 4.69) is 14.9 Å². The molecule has 0 fully saturated rings. The largest absolute Gasteiger partial charge is 0.462 e. The van der Waals surface area contributed by atoms with Crippen LogP contribution in [0.5, 0.6) is 0 Å². The Hall–Kier alpha value is -2.17. The summed E-state index contributed by atoms with van der Waals surface area (Å²) in [5, 5.41) is 7.49. The highest BCUT2D eigenvalue weighted by molar-refractivity contribution is 5.83. The second kappa shape index (κ2) is 4.78. The molecular formula is C12H12N2O3. The van der Waals surface area contributed by atoms with Gasteiger partial charge in [0, 0.05) is 0 Å². The summed E-state index contributed by atoms with van der Waals surface area (Å²) in [4.78, 5) is 11.2. The summed E-state index contributed by atoms with van der Waals surface area (Å²) < 4.78 is 9.76. The van der Waals surface area contributed by atoms with Crippen LogP contribution in [0.4, 0.5) is 0 Å². The lowest BCUT2D eigenvalue weighted by atomic mass is 10.0. The molecule has 1 atom stereocenters. The van der Waals surface area contributed by atoms with Crippen LogP contribution in [0.25, 0.3) is 0 Å². The molecule has 88 valence electrons. The number of esters is 1. The van der Waals surface area contributed by atoms with Gasteiger partial charge in [-0.1, -0.05) is 30.3 Å². The SMILES string of the molecule is COC(=O)c1nnc(C(C)c2ccccc2)o1. The third kappa shape index (κ3) is 2.33. The number of carbonyl (C=O) groups is 1. The van der Waals surface area contributed by atoms with E-state index in [1.54, 1.807) is 0 Å². The van der Waals surface area contributed by atoms with Gasteiger partial charge in [-0.05, 0) is 12.5 Å². The van der Waals surface area contributed by atoms with E-state index < -0.39 is 5.97 Å². The average Bonchev–Trinajstić information content (AvgIpc) is 2.87. The topological polar surface area (TPSA) is 65.2 Å². The van der Waals surface area contributed by atoms with Gasteiger partial charge in [0.15, 0.2) is 0 Å². The van der Waals surface area contributed by atoms with E-state index in [9.17, 15) is 4.79 Å². The Kier molecular flexibility index (Phi) is 3.18. The van der Waals surface area contributed by atoms with Crippen LogP contribution in [0, 0.1) is 0 Å². The summed E-state index contributed by atoms with van der Waals surface area (Å²) in [6, 6.07) is 9.73. The lowest BCUT2D eigenvalue weighted by Crippen LogP contribution is -2.00. The van der Waals surface area contributed by atoms with Crippen LogP contribution in [0.15, 0.2) is 34.7 Å². The molecule has 2 rings (SSSR count). The molecule has 0 radical (unpaired) electrons. The van der Waals surface area contributed by atoms with Crippen LogP contribution in [0.3, 0.4) is 0 Å². The van der Waals surface area contributed by atoms with Crippen molar-refractivity contribution in [3.8, 4) is 0 Å². The van der Waals surface area contributed by atoms with E-state index >= 15 is 0 Å². The summed E-state index contributed by atoms with van der Waals surface area (Å²) in [7, 11) is 1.27. The number of aromatic nitrogens is 2. The Morgan fingerprint density at radius 2 is 2.00 bits per heavy atom. The van der Waals surface area contributed by atoms with E-state index in [0.717, 1.165) is 5.56 Å². The molecule has 0 saturated heterocycles. The average molecular weight is 232 g/mol. The van der Waals surface area contributed by atoms with Crippen molar-refractivity contribution in [2.75, 3.05) is 7.11 Å². The zero-order valence-corrected chi connectivity index (χ0v) is 9.58. The molecule has 1 unspecified atom stereocenters. The van der Waals surface area contributed by atoms with Crippen molar-refractivity contribution in [1.82, 2.24) is 10.2 Å². The van der Waals surface area contributed by atoms with Crippen molar-refractivity contribution >= 4 is 5.97 Å². The fourth-order valence-corrected chi connectivity index (χ4v) is 1.46. The normalized spacial score (nSPS) is 12.1. The highest BCUT2D eigenvalue weighted by Gasteiger charge is 2.19. The number of ether oxygens (including phenoxy) is 1. The Balaban J connectivity index is 2.23. The number of hydrogen-bond donors (Lipinski definition) is 0. The smallest absolute Gasteiger partial charge is 0.396 e. The van der Waals surface area contributed by atoms with E-state index in [0.29, 0.717) is 5.89 Å². The molecule has 17 heavy (non-hydrogen) atoms. The number of carbonyl (C=O) groups excluding carboxylic acids is 1. The van der Waals surface area contributed by atoms with Crippen molar-refractivity contribution < 1.29 is 13.9 Å². The molecule has 5 nitrogen and oxygen atoms in total. The minimum absolute atomic E-state index is 0.0536. The summed E-state index contributed by atoms with van der Waals surface area (Å²) in [5.74, 6) is -0.395. The Bertz CT molecular complexity index is 507. The monoisotopic (exact) mass is 232 g/mol. The third-order valence-corrected chi connectivity index (χ3v) is 2.47.